The van der Waals surface area contributed by atoms with Crippen molar-refractivity contribution in [2.24, 2.45) is 0 Å². The Morgan fingerprint density at radius 3 is 1.60 bits per heavy atom. The standard InChI is InChI=1S/C34H44O4P2/c1-9-36-39(12-4)21-23-13-15-25-27-19-32-28(20-31(27)33(5,6)29(25)17-23)26-16-14-24(18-30(26)34(32,7)8)22-40(35,37-10-2)38-11-3/h13-20H,9-12,21-22H2,1-8H3. The Morgan fingerprint density at radius 1 is 0.650 bits per heavy atom. The van der Waals surface area contributed by atoms with E-state index >= 15 is 0 Å². The zero-order valence-corrected chi connectivity index (χ0v) is 27.2. The highest BCUT2D eigenvalue weighted by Gasteiger charge is 2.42. The summed E-state index contributed by atoms with van der Waals surface area (Å²) in [5, 5.41) is 0. The highest BCUT2D eigenvalue weighted by Crippen LogP contribution is 2.57. The van der Waals surface area contributed by atoms with Crippen LogP contribution < -0.4 is 0 Å². The van der Waals surface area contributed by atoms with Gasteiger partial charge in [-0.3, -0.25) is 4.57 Å². The van der Waals surface area contributed by atoms with Crippen LogP contribution in [0.15, 0.2) is 48.5 Å². The van der Waals surface area contributed by atoms with Crippen molar-refractivity contribution in [3.8, 4) is 22.3 Å². The van der Waals surface area contributed by atoms with Gasteiger partial charge in [0.1, 0.15) is 0 Å². The lowest BCUT2D eigenvalue weighted by molar-refractivity contribution is 0.219. The molecule has 5 rings (SSSR count). The van der Waals surface area contributed by atoms with E-state index in [1.165, 1.54) is 50.1 Å². The van der Waals surface area contributed by atoms with Crippen molar-refractivity contribution >= 4 is 15.7 Å². The lowest BCUT2D eigenvalue weighted by atomic mass is 9.79. The first-order chi connectivity index (χ1) is 19.0. The Bertz CT molecular complexity index is 1460. The third-order valence-electron chi connectivity index (χ3n) is 8.65. The minimum atomic E-state index is -3.17. The van der Waals surface area contributed by atoms with E-state index in [4.69, 9.17) is 13.6 Å². The summed E-state index contributed by atoms with van der Waals surface area (Å²) in [4.78, 5) is 0. The summed E-state index contributed by atoms with van der Waals surface area (Å²) >= 11 is 0. The molecule has 0 fully saturated rings. The molecule has 3 aromatic rings. The van der Waals surface area contributed by atoms with E-state index in [0.29, 0.717) is 13.2 Å². The van der Waals surface area contributed by atoms with Gasteiger partial charge in [-0.2, -0.15) is 0 Å². The van der Waals surface area contributed by atoms with Crippen LogP contribution >= 0.6 is 15.7 Å². The summed E-state index contributed by atoms with van der Waals surface area (Å²) < 4.78 is 30.5. The Morgan fingerprint density at radius 2 is 1.12 bits per heavy atom. The number of benzene rings is 3. The number of hydrogen-bond donors (Lipinski definition) is 0. The van der Waals surface area contributed by atoms with Gasteiger partial charge in [0, 0.05) is 31.7 Å². The highest BCUT2D eigenvalue weighted by atomic mass is 31.2. The van der Waals surface area contributed by atoms with E-state index in [1.54, 1.807) is 0 Å². The Hall–Kier alpha value is -1.80. The van der Waals surface area contributed by atoms with Crippen molar-refractivity contribution < 1.29 is 18.1 Å². The quantitative estimate of drug-likeness (QED) is 0.212. The molecule has 6 heteroatoms. The summed E-state index contributed by atoms with van der Waals surface area (Å²) in [6.45, 7) is 18.9. The van der Waals surface area contributed by atoms with Gasteiger partial charge in [-0.05, 0) is 94.7 Å². The van der Waals surface area contributed by atoms with Gasteiger partial charge in [-0.1, -0.05) is 71.0 Å². The summed E-state index contributed by atoms with van der Waals surface area (Å²) in [7, 11) is -3.60. The molecular weight excluding hydrogens is 534 g/mol. The second-order valence-electron chi connectivity index (χ2n) is 11.9. The van der Waals surface area contributed by atoms with Crippen molar-refractivity contribution in [1.82, 2.24) is 0 Å². The zero-order chi connectivity index (χ0) is 28.9. The maximum absolute atomic E-state index is 13.3. The topological polar surface area (TPSA) is 44.8 Å². The molecule has 0 saturated carbocycles. The lowest BCUT2D eigenvalue weighted by Crippen LogP contribution is -2.17. The van der Waals surface area contributed by atoms with E-state index in [-0.39, 0.29) is 17.0 Å². The fourth-order valence-electron chi connectivity index (χ4n) is 6.63. The smallest absolute Gasteiger partial charge is 0.335 e. The molecule has 1 atom stereocenters. The van der Waals surface area contributed by atoms with Crippen molar-refractivity contribution in [3.63, 3.8) is 0 Å². The maximum atomic E-state index is 13.3. The molecule has 0 radical (unpaired) electrons. The van der Waals surface area contributed by atoms with Gasteiger partial charge in [-0.25, -0.2) is 0 Å². The highest BCUT2D eigenvalue weighted by molar-refractivity contribution is 7.53. The van der Waals surface area contributed by atoms with E-state index < -0.39 is 15.7 Å². The van der Waals surface area contributed by atoms with E-state index in [0.717, 1.165) is 24.5 Å². The molecule has 0 bridgehead atoms. The fourth-order valence-corrected chi connectivity index (χ4v) is 9.79. The SMILES string of the molecule is CCOP(CC)Cc1ccc2c(c1)C(C)(C)c1cc3c(cc1-2)C(C)(C)c1cc(CP(=O)(OCC)OCC)ccc1-3. The van der Waals surface area contributed by atoms with Crippen molar-refractivity contribution in [2.75, 3.05) is 26.0 Å². The van der Waals surface area contributed by atoms with Gasteiger partial charge in [0.2, 0.25) is 0 Å². The largest absolute Gasteiger partial charge is 0.359 e. The molecule has 0 aliphatic heterocycles. The van der Waals surface area contributed by atoms with Crippen LogP contribution in [-0.2, 0) is 41.3 Å². The van der Waals surface area contributed by atoms with Crippen molar-refractivity contribution in [1.29, 1.82) is 0 Å². The lowest BCUT2D eigenvalue weighted by Gasteiger charge is -2.25. The molecule has 3 aromatic carbocycles. The molecule has 1 unspecified atom stereocenters. The average Bonchev–Trinajstić information content (AvgIpc) is 3.26. The third-order valence-corrected chi connectivity index (χ3v) is 12.8. The molecule has 0 amide bonds. The van der Waals surface area contributed by atoms with Crippen LogP contribution in [0.4, 0.5) is 0 Å². The minimum absolute atomic E-state index is 0.0786. The molecule has 2 aliphatic rings. The number of fused-ring (bicyclic) bond motifs is 6. The molecular formula is C34H44O4P2. The summed E-state index contributed by atoms with van der Waals surface area (Å²) in [6.07, 6.45) is 2.39. The Balaban J connectivity index is 1.53. The summed E-state index contributed by atoms with van der Waals surface area (Å²) in [5.74, 6) is 0. The molecule has 214 valence electrons. The minimum Gasteiger partial charge on any atom is -0.359 e. The molecule has 0 N–H and O–H groups in total. The van der Waals surface area contributed by atoms with Crippen LogP contribution in [0.5, 0.6) is 0 Å². The predicted octanol–water partition coefficient (Wildman–Crippen LogP) is 10.0. The van der Waals surface area contributed by atoms with Crippen molar-refractivity contribution in [3.05, 3.63) is 81.9 Å². The number of hydrogen-bond acceptors (Lipinski definition) is 4. The normalized spacial score (nSPS) is 16.8. The molecule has 2 aliphatic carbocycles. The first-order valence-electron chi connectivity index (χ1n) is 14.7. The van der Waals surface area contributed by atoms with Gasteiger partial charge in [0.05, 0.1) is 19.4 Å². The zero-order valence-electron chi connectivity index (χ0n) is 25.4. The van der Waals surface area contributed by atoms with Crippen molar-refractivity contribution in [2.45, 2.75) is 78.5 Å². The Kier molecular flexibility index (Phi) is 8.25. The molecule has 0 heterocycles. The fraction of sp³-hybridized carbons (Fsp3) is 0.471. The van der Waals surface area contributed by atoms with Gasteiger partial charge < -0.3 is 13.6 Å². The van der Waals surface area contributed by atoms with Crippen LogP contribution in [-0.4, -0.2) is 26.0 Å². The number of rotatable bonds is 11. The second-order valence-corrected chi connectivity index (χ2v) is 16.2. The summed E-state index contributed by atoms with van der Waals surface area (Å²) in [6, 6.07) is 18.5. The average molecular weight is 579 g/mol. The van der Waals surface area contributed by atoms with E-state index in [9.17, 15) is 4.57 Å². The molecule has 0 aromatic heterocycles. The van der Waals surface area contributed by atoms with Gasteiger partial charge in [-0.15, -0.1) is 0 Å². The van der Waals surface area contributed by atoms with E-state index in [1.807, 2.05) is 13.8 Å². The van der Waals surface area contributed by atoms with Gasteiger partial charge in [0.25, 0.3) is 0 Å². The van der Waals surface area contributed by atoms with Gasteiger partial charge in [0.15, 0.2) is 0 Å². The van der Waals surface area contributed by atoms with Crippen LogP contribution in [0.1, 0.15) is 88.8 Å². The Labute approximate surface area is 242 Å². The van der Waals surface area contributed by atoms with Crippen LogP contribution in [0, 0.1) is 0 Å². The van der Waals surface area contributed by atoms with Gasteiger partial charge >= 0.3 is 7.60 Å². The molecule has 40 heavy (non-hydrogen) atoms. The van der Waals surface area contributed by atoms with Crippen LogP contribution in [0.25, 0.3) is 22.3 Å². The van der Waals surface area contributed by atoms with Crippen LogP contribution in [0.3, 0.4) is 0 Å². The predicted molar refractivity (Wildman–Crippen MR) is 169 cm³/mol. The summed E-state index contributed by atoms with van der Waals surface area (Å²) in [5.41, 5.74) is 12.9. The first kappa shape index (κ1) is 29.7. The third kappa shape index (κ3) is 5.05. The maximum Gasteiger partial charge on any atom is 0.335 e. The molecule has 4 nitrogen and oxygen atoms in total. The monoisotopic (exact) mass is 578 g/mol. The van der Waals surface area contributed by atoms with Crippen LogP contribution in [0.2, 0.25) is 0 Å². The second kappa shape index (κ2) is 11.1. The molecule has 0 spiro atoms. The van der Waals surface area contributed by atoms with E-state index in [2.05, 4.69) is 90.1 Å². The first-order valence-corrected chi connectivity index (χ1v) is 18.1. The molecule has 0 saturated heterocycles.